The topological polar surface area (TPSA) is 52.6 Å². The molecule has 0 radical (unpaired) electrons. The Hall–Kier alpha value is -1.26. The Labute approximate surface area is 123 Å². The lowest BCUT2D eigenvalue weighted by molar-refractivity contribution is -0.141. The van der Waals surface area contributed by atoms with E-state index in [1.54, 1.807) is 12.1 Å². The minimum absolute atomic E-state index is 0.304. The molecular weight excluding hydrogens is 276 g/mol. The molecule has 1 saturated heterocycles. The number of rotatable bonds is 4. The van der Waals surface area contributed by atoms with Gasteiger partial charge in [-0.05, 0) is 50.5 Å². The smallest absolute Gasteiger partial charge is 0.330 e. The van der Waals surface area contributed by atoms with E-state index in [1.165, 1.54) is 12.8 Å². The maximum Gasteiger partial charge on any atom is 0.330 e. The van der Waals surface area contributed by atoms with Crippen LogP contribution in [0.4, 0.5) is 5.69 Å². The summed E-state index contributed by atoms with van der Waals surface area (Å²) in [5.41, 5.74) is -0.0859. The lowest BCUT2D eigenvalue weighted by atomic mass is 9.96. The van der Waals surface area contributed by atoms with Crippen LogP contribution >= 0.6 is 11.6 Å². The van der Waals surface area contributed by atoms with Crippen molar-refractivity contribution in [2.75, 3.05) is 11.9 Å². The average molecular weight is 295 g/mol. The number of hydrogen-bond acceptors (Lipinski definition) is 3. The molecule has 108 valence electrons. The molecule has 4 nitrogen and oxygen atoms in total. The standard InChI is InChI=1S/C15H19ClN2O2/c1-10-8-15(14(19)20,9-18(10)13-6-7-13)17-12-4-2-11(16)3-5-12/h2-5,10,13,17H,6-9H2,1H3,(H,19,20). The number of anilines is 1. The molecule has 2 unspecified atom stereocenters. The molecule has 2 fully saturated rings. The number of carbonyl (C=O) groups is 1. The summed E-state index contributed by atoms with van der Waals surface area (Å²) in [6, 6.07) is 8.10. The van der Waals surface area contributed by atoms with E-state index in [1.807, 2.05) is 12.1 Å². The van der Waals surface area contributed by atoms with Crippen molar-refractivity contribution in [2.45, 2.75) is 43.8 Å². The van der Waals surface area contributed by atoms with E-state index in [-0.39, 0.29) is 0 Å². The Balaban J connectivity index is 1.82. The van der Waals surface area contributed by atoms with Gasteiger partial charge in [-0.2, -0.15) is 0 Å². The number of likely N-dealkylation sites (tertiary alicyclic amines) is 1. The highest BCUT2D eigenvalue weighted by molar-refractivity contribution is 6.30. The minimum Gasteiger partial charge on any atom is -0.479 e. The van der Waals surface area contributed by atoms with Crippen molar-refractivity contribution in [3.63, 3.8) is 0 Å². The normalized spacial score (nSPS) is 30.4. The van der Waals surface area contributed by atoms with Gasteiger partial charge in [0.2, 0.25) is 0 Å². The van der Waals surface area contributed by atoms with Crippen LogP contribution in [-0.4, -0.2) is 40.1 Å². The third kappa shape index (κ3) is 2.50. The quantitative estimate of drug-likeness (QED) is 0.896. The van der Waals surface area contributed by atoms with E-state index < -0.39 is 11.5 Å². The van der Waals surface area contributed by atoms with Crippen LogP contribution in [0.1, 0.15) is 26.2 Å². The number of carboxylic acid groups (broad SMARTS) is 1. The maximum absolute atomic E-state index is 11.8. The lowest BCUT2D eigenvalue weighted by Gasteiger charge is -2.27. The van der Waals surface area contributed by atoms with E-state index in [0.717, 1.165) is 5.69 Å². The molecule has 1 aliphatic heterocycles. The van der Waals surface area contributed by atoms with E-state index in [4.69, 9.17) is 11.6 Å². The zero-order valence-corrected chi connectivity index (χ0v) is 12.2. The molecule has 1 aliphatic carbocycles. The molecule has 20 heavy (non-hydrogen) atoms. The molecule has 2 aliphatic rings. The molecule has 0 aromatic heterocycles. The molecule has 1 saturated carbocycles. The minimum atomic E-state index is -0.893. The van der Waals surface area contributed by atoms with Crippen molar-refractivity contribution in [2.24, 2.45) is 0 Å². The van der Waals surface area contributed by atoms with E-state index in [2.05, 4.69) is 17.1 Å². The number of carboxylic acids is 1. The van der Waals surface area contributed by atoms with Gasteiger partial charge in [-0.25, -0.2) is 4.79 Å². The van der Waals surface area contributed by atoms with Crippen molar-refractivity contribution in [3.8, 4) is 0 Å². The average Bonchev–Trinajstić information content (AvgIpc) is 3.18. The Morgan fingerprint density at radius 3 is 2.60 bits per heavy atom. The van der Waals surface area contributed by atoms with E-state index in [9.17, 15) is 9.90 Å². The van der Waals surface area contributed by atoms with Gasteiger partial charge in [-0.3, -0.25) is 4.90 Å². The van der Waals surface area contributed by atoms with Gasteiger partial charge >= 0.3 is 5.97 Å². The third-order valence-electron chi connectivity index (χ3n) is 4.32. The van der Waals surface area contributed by atoms with Crippen LogP contribution in [0.25, 0.3) is 0 Å². The summed E-state index contributed by atoms with van der Waals surface area (Å²) in [6.07, 6.45) is 3.02. The fourth-order valence-corrected chi connectivity index (χ4v) is 3.28. The Morgan fingerprint density at radius 2 is 2.05 bits per heavy atom. The van der Waals surface area contributed by atoms with Gasteiger partial charge < -0.3 is 10.4 Å². The van der Waals surface area contributed by atoms with Crippen molar-refractivity contribution < 1.29 is 9.90 Å². The van der Waals surface area contributed by atoms with Gasteiger partial charge in [-0.1, -0.05) is 11.6 Å². The molecule has 0 bridgehead atoms. The van der Waals surface area contributed by atoms with Crippen LogP contribution in [0.15, 0.2) is 24.3 Å². The molecule has 1 aromatic carbocycles. The Kier molecular flexibility index (Phi) is 3.38. The number of benzene rings is 1. The van der Waals surface area contributed by atoms with Gasteiger partial charge in [0.15, 0.2) is 0 Å². The molecule has 3 rings (SSSR count). The third-order valence-corrected chi connectivity index (χ3v) is 4.57. The molecule has 2 atom stereocenters. The molecular formula is C15H19ClN2O2. The first-order valence-corrected chi connectivity index (χ1v) is 7.41. The second-order valence-corrected chi connectivity index (χ2v) is 6.41. The summed E-state index contributed by atoms with van der Waals surface area (Å²) in [7, 11) is 0. The molecule has 0 spiro atoms. The SMILES string of the molecule is CC1CC(Nc2ccc(Cl)cc2)(C(=O)O)CN1C1CC1. The maximum atomic E-state index is 11.8. The van der Waals surface area contributed by atoms with Crippen molar-refractivity contribution in [1.82, 2.24) is 4.90 Å². The number of nitrogens with one attached hydrogen (secondary N) is 1. The first-order chi connectivity index (χ1) is 9.50. The molecule has 1 aromatic rings. The summed E-state index contributed by atoms with van der Waals surface area (Å²) in [6.45, 7) is 2.68. The summed E-state index contributed by atoms with van der Waals surface area (Å²) >= 11 is 5.87. The fraction of sp³-hybridized carbons (Fsp3) is 0.533. The first-order valence-electron chi connectivity index (χ1n) is 7.03. The van der Waals surface area contributed by atoms with Crippen LogP contribution in [0, 0.1) is 0 Å². The zero-order chi connectivity index (χ0) is 14.3. The highest BCUT2D eigenvalue weighted by Gasteiger charge is 2.51. The monoisotopic (exact) mass is 294 g/mol. The number of aliphatic carboxylic acids is 1. The van der Waals surface area contributed by atoms with Gasteiger partial charge in [0.05, 0.1) is 0 Å². The number of halogens is 1. The second kappa shape index (κ2) is 4.93. The molecule has 2 N–H and O–H groups in total. The van der Waals surface area contributed by atoms with Crippen LogP contribution in [0.2, 0.25) is 5.02 Å². The Bertz CT molecular complexity index is 515. The summed E-state index contributed by atoms with van der Waals surface area (Å²) in [5, 5.41) is 13.6. The second-order valence-electron chi connectivity index (χ2n) is 5.98. The highest BCUT2D eigenvalue weighted by Crippen LogP contribution is 2.38. The van der Waals surface area contributed by atoms with E-state index >= 15 is 0 Å². The summed E-state index contributed by atoms with van der Waals surface area (Å²) in [5.74, 6) is -0.776. The predicted octanol–water partition coefficient (Wildman–Crippen LogP) is 2.83. The van der Waals surface area contributed by atoms with Crippen molar-refractivity contribution >= 4 is 23.3 Å². The van der Waals surface area contributed by atoms with Gasteiger partial charge in [0.25, 0.3) is 0 Å². The first kappa shape index (κ1) is 13.7. The fourth-order valence-electron chi connectivity index (χ4n) is 3.16. The number of hydrogen-bond donors (Lipinski definition) is 2. The Morgan fingerprint density at radius 1 is 1.40 bits per heavy atom. The molecule has 1 heterocycles. The predicted molar refractivity (Wildman–Crippen MR) is 79.2 cm³/mol. The van der Waals surface area contributed by atoms with Crippen LogP contribution in [0.5, 0.6) is 0 Å². The van der Waals surface area contributed by atoms with Crippen LogP contribution in [-0.2, 0) is 4.79 Å². The van der Waals surface area contributed by atoms with Crippen LogP contribution < -0.4 is 5.32 Å². The molecule has 0 amide bonds. The van der Waals surface area contributed by atoms with Gasteiger partial charge in [0.1, 0.15) is 5.54 Å². The number of nitrogens with zero attached hydrogens (tertiary/aromatic N) is 1. The van der Waals surface area contributed by atoms with Crippen LogP contribution in [0.3, 0.4) is 0 Å². The van der Waals surface area contributed by atoms with Crippen molar-refractivity contribution in [1.29, 1.82) is 0 Å². The van der Waals surface area contributed by atoms with E-state index in [0.29, 0.717) is 30.1 Å². The largest absolute Gasteiger partial charge is 0.479 e. The zero-order valence-electron chi connectivity index (χ0n) is 11.5. The van der Waals surface area contributed by atoms with Gasteiger partial charge in [-0.15, -0.1) is 0 Å². The summed E-state index contributed by atoms with van der Waals surface area (Å²) < 4.78 is 0. The van der Waals surface area contributed by atoms with Crippen molar-refractivity contribution in [3.05, 3.63) is 29.3 Å². The summed E-state index contributed by atoms with van der Waals surface area (Å²) in [4.78, 5) is 14.1. The lowest BCUT2D eigenvalue weighted by Crippen LogP contribution is -2.49. The highest BCUT2D eigenvalue weighted by atomic mass is 35.5. The van der Waals surface area contributed by atoms with Gasteiger partial charge in [0, 0.05) is 29.3 Å². The molecule has 5 heteroatoms.